The number of hydrogen-bond donors (Lipinski definition) is 0. The summed E-state index contributed by atoms with van der Waals surface area (Å²) >= 11 is 11.8. The fourth-order valence-corrected chi connectivity index (χ4v) is 5.67. The second-order valence-electron chi connectivity index (χ2n) is 8.24. The molecule has 2 heterocycles. The van der Waals surface area contributed by atoms with Gasteiger partial charge in [-0.2, -0.15) is 13.2 Å². The van der Waals surface area contributed by atoms with Crippen molar-refractivity contribution in [2.45, 2.75) is 24.1 Å². The first-order valence-electron chi connectivity index (χ1n) is 11.0. The van der Waals surface area contributed by atoms with Crippen molar-refractivity contribution in [3.63, 3.8) is 0 Å². The first kappa shape index (κ1) is 28.0. The Kier molecular flexibility index (Phi) is 7.80. The van der Waals surface area contributed by atoms with Crippen molar-refractivity contribution in [2.24, 2.45) is 0 Å². The Balaban J connectivity index is 1.85. The predicted octanol–water partition coefficient (Wildman–Crippen LogP) is 5.63. The first-order valence-corrected chi connectivity index (χ1v) is 13.2. The zero-order chi connectivity index (χ0) is 27.8. The van der Waals surface area contributed by atoms with Crippen LogP contribution in [0.4, 0.5) is 24.5 Å². The van der Waals surface area contributed by atoms with Crippen LogP contribution in [0.15, 0.2) is 59.6 Å². The third-order valence-corrected chi connectivity index (χ3v) is 7.82. The highest BCUT2D eigenvalue weighted by molar-refractivity contribution is 7.92. The second-order valence-corrected chi connectivity index (χ2v) is 10.9. The number of nitrogens with zero attached hydrogens (tertiary/aromatic N) is 3. The van der Waals surface area contributed by atoms with Gasteiger partial charge in [0.15, 0.2) is 5.69 Å². The van der Waals surface area contributed by atoms with Crippen LogP contribution >= 0.6 is 23.2 Å². The van der Waals surface area contributed by atoms with Crippen LogP contribution in [-0.4, -0.2) is 45.8 Å². The van der Waals surface area contributed by atoms with E-state index >= 15 is 0 Å². The highest BCUT2D eigenvalue weighted by atomic mass is 35.5. The van der Waals surface area contributed by atoms with Gasteiger partial charge in [0.2, 0.25) is 0 Å². The molecule has 0 fully saturated rings. The van der Waals surface area contributed by atoms with Crippen molar-refractivity contribution in [1.82, 2.24) is 4.98 Å². The molecular weight excluding hydrogens is 570 g/mol. The number of carbonyl (C=O) groups excluding carboxylic acids is 1. The van der Waals surface area contributed by atoms with E-state index in [1.807, 2.05) is 0 Å². The zero-order valence-corrected chi connectivity index (χ0v) is 22.2. The van der Waals surface area contributed by atoms with E-state index in [4.69, 9.17) is 32.7 Å². The topological polar surface area (TPSA) is 89.0 Å². The molecule has 1 aliphatic rings. The SMILES string of the molecule is COCN(c1cc(Cl)cnc1C(=O)N1CC(C)Oc2ccccc21)S(=O)(=O)c1ccc(Cl)c(C(F)(F)F)c1. The van der Waals surface area contributed by atoms with Crippen LogP contribution in [0.5, 0.6) is 5.75 Å². The lowest BCUT2D eigenvalue weighted by atomic mass is 10.1. The van der Waals surface area contributed by atoms with Gasteiger partial charge in [0.1, 0.15) is 18.6 Å². The fourth-order valence-electron chi connectivity index (χ4n) is 3.89. The molecule has 0 radical (unpaired) electrons. The zero-order valence-electron chi connectivity index (χ0n) is 19.9. The highest BCUT2D eigenvalue weighted by Gasteiger charge is 2.38. The number of aromatic nitrogens is 1. The maximum atomic E-state index is 13.8. The van der Waals surface area contributed by atoms with Crippen molar-refractivity contribution < 1.29 is 35.9 Å². The minimum absolute atomic E-state index is 0.0179. The molecule has 0 spiro atoms. The summed E-state index contributed by atoms with van der Waals surface area (Å²) in [6.07, 6.45) is -4.14. The maximum absolute atomic E-state index is 13.8. The first-order chi connectivity index (χ1) is 17.8. The van der Waals surface area contributed by atoms with Gasteiger partial charge in [0, 0.05) is 13.3 Å². The normalized spacial score (nSPS) is 15.6. The summed E-state index contributed by atoms with van der Waals surface area (Å²) in [4.78, 5) is 18.5. The van der Waals surface area contributed by atoms with Gasteiger partial charge in [-0.05, 0) is 43.3 Å². The van der Waals surface area contributed by atoms with E-state index in [0.29, 0.717) is 21.8 Å². The molecule has 1 aromatic heterocycles. The van der Waals surface area contributed by atoms with Gasteiger partial charge < -0.3 is 9.47 Å². The molecule has 1 aliphatic heterocycles. The third-order valence-electron chi connectivity index (χ3n) is 5.55. The molecule has 38 heavy (non-hydrogen) atoms. The Bertz CT molecular complexity index is 1490. The minimum Gasteiger partial charge on any atom is -0.487 e. The number of methoxy groups -OCH3 is 1. The largest absolute Gasteiger partial charge is 0.487 e. The Morgan fingerprint density at radius 2 is 1.92 bits per heavy atom. The van der Waals surface area contributed by atoms with E-state index < -0.39 is 50.4 Å². The van der Waals surface area contributed by atoms with Crippen LogP contribution in [-0.2, 0) is 20.9 Å². The molecule has 0 saturated carbocycles. The molecule has 1 amide bonds. The van der Waals surface area contributed by atoms with Crippen LogP contribution < -0.4 is 13.9 Å². The molecule has 1 unspecified atom stereocenters. The Hall–Kier alpha value is -3.06. The summed E-state index contributed by atoms with van der Waals surface area (Å²) < 4.78 is 79.2. The van der Waals surface area contributed by atoms with Crippen molar-refractivity contribution in [3.8, 4) is 5.75 Å². The Morgan fingerprint density at radius 3 is 2.61 bits per heavy atom. The van der Waals surface area contributed by atoms with E-state index in [0.717, 1.165) is 18.3 Å². The van der Waals surface area contributed by atoms with E-state index in [1.165, 1.54) is 18.1 Å². The third kappa shape index (κ3) is 5.39. The van der Waals surface area contributed by atoms with Gasteiger partial charge in [-0.15, -0.1) is 0 Å². The van der Waals surface area contributed by atoms with Crippen LogP contribution in [0, 0.1) is 0 Å². The van der Waals surface area contributed by atoms with E-state index in [2.05, 4.69) is 4.98 Å². The molecule has 8 nitrogen and oxygen atoms in total. The van der Waals surface area contributed by atoms with Gasteiger partial charge in [-0.1, -0.05) is 35.3 Å². The number of hydrogen-bond acceptors (Lipinski definition) is 6. The molecular formula is C24H20Cl2F3N3O5S. The summed E-state index contributed by atoms with van der Waals surface area (Å²) in [5.74, 6) is -0.236. The van der Waals surface area contributed by atoms with Gasteiger partial charge in [-0.25, -0.2) is 17.7 Å². The lowest BCUT2D eigenvalue weighted by molar-refractivity contribution is -0.137. The Morgan fingerprint density at radius 1 is 1.21 bits per heavy atom. The lowest BCUT2D eigenvalue weighted by Gasteiger charge is -2.34. The lowest BCUT2D eigenvalue weighted by Crippen LogP contribution is -2.43. The summed E-state index contributed by atoms with van der Waals surface area (Å²) in [6.45, 7) is 1.22. The molecule has 0 aliphatic carbocycles. The number of sulfonamides is 1. The van der Waals surface area contributed by atoms with Gasteiger partial charge >= 0.3 is 6.18 Å². The molecule has 1 atom stereocenters. The number of alkyl halides is 3. The van der Waals surface area contributed by atoms with Crippen molar-refractivity contribution in [3.05, 3.63) is 76.0 Å². The molecule has 202 valence electrons. The number of amides is 1. The maximum Gasteiger partial charge on any atom is 0.417 e. The Labute approximate surface area is 226 Å². The average Bonchev–Trinajstić information content (AvgIpc) is 2.85. The molecule has 14 heteroatoms. The molecule has 4 rings (SSSR count). The highest BCUT2D eigenvalue weighted by Crippen LogP contribution is 2.39. The smallest absolute Gasteiger partial charge is 0.417 e. The van der Waals surface area contributed by atoms with Crippen molar-refractivity contribution >= 4 is 50.5 Å². The second kappa shape index (κ2) is 10.6. The number of pyridine rings is 1. The number of rotatable bonds is 6. The number of para-hydroxylation sites is 2. The minimum atomic E-state index is -4.91. The van der Waals surface area contributed by atoms with Crippen LogP contribution in [0.2, 0.25) is 10.0 Å². The quantitative estimate of drug-likeness (QED) is 0.346. The van der Waals surface area contributed by atoms with E-state index in [-0.39, 0.29) is 22.9 Å². The predicted molar refractivity (Wildman–Crippen MR) is 135 cm³/mol. The molecule has 3 aromatic rings. The van der Waals surface area contributed by atoms with Gasteiger partial charge in [0.25, 0.3) is 15.9 Å². The van der Waals surface area contributed by atoms with E-state index in [9.17, 15) is 26.4 Å². The summed E-state index contributed by atoms with van der Waals surface area (Å²) in [5.41, 5.74) is -1.50. The van der Waals surface area contributed by atoms with E-state index in [1.54, 1.807) is 31.2 Å². The van der Waals surface area contributed by atoms with Gasteiger partial charge in [-0.3, -0.25) is 9.69 Å². The number of anilines is 2. The van der Waals surface area contributed by atoms with Crippen molar-refractivity contribution in [2.75, 3.05) is 29.6 Å². The van der Waals surface area contributed by atoms with Crippen molar-refractivity contribution in [1.29, 1.82) is 0 Å². The van der Waals surface area contributed by atoms with Crippen LogP contribution in [0.1, 0.15) is 23.0 Å². The molecule has 0 N–H and O–H groups in total. The number of fused-ring (bicyclic) bond motifs is 1. The summed E-state index contributed by atoms with van der Waals surface area (Å²) in [6, 6.07) is 10.1. The standard InChI is InChI=1S/C24H20Cl2F3N3O5S/c1-14-12-31(19-5-3-4-6-21(19)37-14)23(33)22-20(9-15(25)11-30-22)32(13-36-2)38(34,35)16-7-8-18(26)17(10-16)24(27,28)29/h3-11,14H,12-13H2,1-2H3. The molecule has 0 bridgehead atoms. The number of halogens is 5. The summed E-state index contributed by atoms with van der Waals surface area (Å²) in [5, 5.41) is -0.689. The monoisotopic (exact) mass is 589 g/mol. The average molecular weight is 590 g/mol. The number of ether oxygens (including phenoxy) is 2. The number of benzene rings is 2. The van der Waals surface area contributed by atoms with Gasteiger partial charge in [0.05, 0.1) is 38.4 Å². The summed E-state index contributed by atoms with van der Waals surface area (Å²) in [7, 11) is -3.55. The van der Waals surface area contributed by atoms with Crippen LogP contribution in [0.3, 0.4) is 0 Å². The fraction of sp³-hybridized carbons (Fsp3) is 0.250. The molecule has 2 aromatic carbocycles. The van der Waals surface area contributed by atoms with Crippen LogP contribution in [0.25, 0.3) is 0 Å². The number of carbonyl (C=O) groups is 1. The molecule has 0 saturated heterocycles.